The second-order valence-corrected chi connectivity index (χ2v) is 8.24. The van der Waals surface area contributed by atoms with Crippen LogP contribution < -0.4 is 10.1 Å². The molecule has 7 heteroatoms. The Hall–Kier alpha value is -2.80. The maximum atomic E-state index is 12.4. The Morgan fingerprint density at radius 3 is 2.50 bits per heavy atom. The number of ether oxygens (including phenoxy) is 1. The molecular weight excluding hydrogens is 396 g/mol. The van der Waals surface area contributed by atoms with Crippen molar-refractivity contribution in [1.29, 1.82) is 0 Å². The van der Waals surface area contributed by atoms with Crippen LogP contribution >= 0.6 is 11.8 Å². The first-order valence-corrected chi connectivity index (χ1v) is 11.0. The first-order valence-electron chi connectivity index (χ1n) is 10.0. The summed E-state index contributed by atoms with van der Waals surface area (Å²) in [6.07, 6.45) is -0.251. The quantitative estimate of drug-likeness (QED) is 0.510. The van der Waals surface area contributed by atoms with Gasteiger partial charge in [0.25, 0.3) is 0 Å². The van der Waals surface area contributed by atoms with E-state index in [0.717, 1.165) is 22.8 Å². The van der Waals surface area contributed by atoms with Gasteiger partial charge in [-0.25, -0.2) is 0 Å². The van der Waals surface area contributed by atoms with Gasteiger partial charge in [-0.15, -0.1) is 10.2 Å². The van der Waals surface area contributed by atoms with E-state index in [1.54, 1.807) is 0 Å². The smallest absolute Gasteiger partial charge is 0.234 e. The first-order chi connectivity index (χ1) is 14.4. The van der Waals surface area contributed by atoms with Gasteiger partial charge in [-0.3, -0.25) is 4.79 Å². The predicted molar refractivity (Wildman–Crippen MR) is 121 cm³/mol. The van der Waals surface area contributed by atoms with Gasteiger partial charge in [0.05, 0.1) is 5.75 Å². The molecule has 0 aliphatic rings. The number of hydrogen-bond acceptors (Lipinski definition) is 5. The first kappa shape index (κ1) is 21.9. The van der Waals surface area contributed by atoms with Crippen LogP contribution in [0.1, 0.15) is 42.5 Å². The van der Waals surface area contributed by atoms with E-state index in [1.807, 2.05) is 74.7 Å². The number of amides is 1. The summed E-state index contributed by atoms with van der Waals surface area (Å²) < 4.78 is 8.02. The van der Waals surface area contributed by atoms with Crippen molar-refractivity contribution in [2.45, 2.75) is 52.4 Å². The van der Waals surface area contributed by atoms with E-state index in [1.165, 1.54) is 22.9 Å². The van der Waals surface area contributed by atoms with Crippen LogP contribution in [0.25, 0.3) is 0 Å². The molecule has 1 heterocycles. The Morgan fingerprint density at radius 1 is 1.10 bits per heavy atom. The standard InChI is InChI=1S/C23H28N4O2S/c1-6-27-22(18(5)29-20-11-7-15(2)8-12-20)25-26-23(27)30-14-21(28)24-19-10-9-16(3)17(4)13-19/h7-13,18H,6,14H2,1-5H3,(H,24,28). The second kappa shape index (κ2) is 9.80. The van der Waals surface area contributed by atoms with E-state index in [4.69, 9.17) is 4.74 Å². The Morgan fingerprint density at radius 2 is 1.83 bits per heavy atom. The summed E-state index contributed by atoms with van der Waals surface area (Å²) in [4.78, 5) is 12.4. The maximum absolute atomic E-state index is 12.4. The van der Waals surface area contributed by atoms with Crippen molar-refractivity contribution < 1.29 is 9.53 Å². The fraction of sp³-hybridized carbons (Fsp3) is 0.348. The number of nitrogens with one attached hydrogen (secondary N) is 1. The number of aromatic nitrogens is 3. The zero-order chi connectivity index (χ0) is 21.7. The molecule has 3 rings (SSSR count). The zero-order valence-electron chi connectivity index (χ0n) is 18.1. The minimum atomic E-state index is -0.251. The lowest BCUT2D eigenvalue weighted by Crippen LogP contribution is -2.15. The molecule has 1 unspecified atom stereocenters. The van der Waals surface area contributed by atoms with Gasteiger partial charge in [-0.05, 0) is 70.0 Å². The fourth-order valence-corrected chi connectivity index (χ4v) is 3.83. The Kier molecular flexibility index (Phi) is 7.15. The Bertz CT molecular complexity index is 1010. The van der Waals surface area contributed by atoms with E-state index in [2.05, 4.69) is 22.4 Å². The molecular formula is C23H28N4O2S. The molecule has 1 N–H and O–H groups in total. The maximum Gasteiger partial charge on any atom is 0.234 e. The summed E-state index contributed by atoms with van der Waals surface area (Å²) in [6, 6.07) is 13.8. The minimum Gasteiger partial charge on any atom is -0.483 e. The molecule has 1 atom stereocenters. The largest absolute Gasteiger partial charge is 0.483 e. The van der Waals surface area contributed by atoms with Crippen LogP contribution in [0.5, 0.6) is 5.75 Å². The van der Waals surface area contributed by atoms with Crippen molar-refractivity contribution >= 4 is 23.4 Å². The van der Waals surface area contributed by atoms with Crippen molar-refractivity contribution in [1.82, 2.24) is 14.8 Å². The molecule has 6 nitrogen and oxygen atoms in total. The monoisotopic (exact) mass is 424 g/mol. The topological polar surface area (TPSA) is 69.0 Å². The van der Waals surface area contributed by atoms with Gasteiger partial charge < -0.3 is 14.6 Å². The molecule has 0 saturated carbocycles. The highest BCUT2D eigenvalue weighted by atomic mass is 32.2. The minimum absolute atomic E-state index is 0.0700. The van der Waals surface area contributed by atoms with Crippen molar-refractivity contribution in [2.24, 2.45) is 0 Å². The third-order valence-electron chi connectivity index (χ3n) is 4.88. The number of aryl methyl sites for hydroxylation is 3. The number of hydrogen-bond donors (Lipinski definition) is 1. The average Bonchev–Trinajstić information content (AvgIpc) is 3.14. The molecule has 0 radical (unpaired) electrons. The molecule has 0 aliphatic carbocycles. The molecule has 0 spiro atoms. The molecule has 0 saturated heterocycles. The van der Waals surface area contributed by atoms with Crippen molar-refractivity contribution in [3.8, 4) is 5.75 Å². The molecule has 3 aromatic rings. The lowest BCUT2D eigenvalue weighted by molar-refractivity contribution is -0.113. The van der Waals surface area contributed by atoms with Gasteiger partial charge in [0.1, 0.15) is 5.75 Å². The highest BCUT2D eigenvalue weighted by Crippen LogP contribution is 2.25. The third-order valence-corrected chi connectivity index (χ3v) is 5.85. The van der Waals surface area contributed by atoms with Gasteiger partial charge in [0.2, 0.25) is 5.91 Å². The Labute approximate surface area is 182 Å². The number of benzene rings is 2. The molecule has 2 aromatic carbocycles. The highest BCUT2D eigenvalue weighted by Gasteiger charge is 2.19. The van der Waals surface area contributed by atoms with Gasteiger partial charge in [-0.2, -0.15) is 0 Å². The van der Waals surface area contributed by atoms with Crippen LogP contribution in [0.15, 0.2) is 47.6 Å². The van der Waals surface area contributed by atoms with Crippen LogP contribution in [0.4, 0.5) is 5.69 Å². The molecule has 0 fully saturated rings. The van der Waals surface area contributed by atoms with Crippen LogP contribution in [0.3, 0.4) is 0 Å². The van der Waals surface area contributed by atoms with E-state index >= 15 is 0 Å². The molecule has 1 aromatic heterocycles. The number of anilines is 1. The van der Waals surface area contributed by atoms with E-state index in [9.17, 15) is 4.79 Å². The SMILES string of the molecule is CCn1c(SCC(=O)Nc2ccc(C)c(C)c2)nnc1C(C)Oc1ccc(C)cc1. The van der Waals surface area contributed by atoms with Crippen molar-refractivity contribution in [2.75, 3.05) is 11.1 Å². The van der Waals surface area contributed by atoms with Gasteiger partial charge >= 0.3 is 0 Å². The number of rotatable bonds is 8. The van der Waals surface area contributed by atoms with Gasteiger partial charge in [-0.1, -0.05) is 35.5 Å². The summed E-state index contributed by atoms with van der Waals surface area (Å²) in [5.74, 6) is 1.73. The molecule has 0 aliphatic heterocycles. The van der Waals surface area contributed by atoms with Crippen molar-refractivity contribution in [3.63, 3.8) is 0 Å². The van der Waals surface area contributed by atoms with Crippen LogP contribution in [0.2, 0.25) is 0 Å². The van der Waals surface area contributed by atoms with E-state index < -0.39 is 0 Å². The number of nitrogens with zero attached hydrogens (tertiary/aromatic N) is 3. The number of carbonyl (C=O) groups is 1. The predicted octanol–water partition coefficient (Wildman–Crippen LogP) is 5.09. The molecule has 1 amide bonds. The van der Waals surface area contributed by atoms with Crippen LogP contribution in [-0.2, 0) is 11.3 Å². The summed E-state index contributed by atoms with van der Waals surface area (Å²) in [6.45, 7) is 10.8. The lowest BCUT2D eigenvalue weighted by atomic mass is 10.1. The molecule has 158 valence electrons. The summed E-state index contributed by atoms with van der Waals surface area (Å²) in [5.41, 5.74) is 4.34. The van der Waals surface area contributed by atoms with Crippen LogP contribution in [0, 0.1) is 20.8 Å². The molecule has 30 heavy (non-hydrogen) atoms. The Balaban J connectivity index is 1.62. The van der Waals surface area contributed by atoms with E-state index in [0.29, 0.717) is 11.7 Å². The summed E-state index contributed by atoms with van der Waals surface area (Å²) >= 11 is 1.37. The average molecular weight is 425 g/mol. The number of carbonyl (C=O) groups excluding carboxylic acids is 1. The van der Waals surface area contributed by atoms with Crippen molar-refractivity contribution in [3.05, 3.63) is 65.0 Å². The summed E-state index contributed by atoms with van der Waals surface area (Å²) in [7, 11) is 0. The van der Waals surface area contributed by atoms with E-state index in [-0.39, 0.29) is 17.8 Å². The van der Waals surface area contributed by atoms with Gasteiger partial charge in [0.15, 0.2) is 17.1 Å². The normalized spacial score (nSPS) is 11.9. The van der Waals surface area contributed by atoms with Gasteiger partial charge in [0, 0.05) is 12.2 Å². The zero-order valence-corrected chi connectivity index (χ0v) is 18.9. The second-order valence-electron chi connectivity index (χ2n) is 7.29. The highest BCUT2D eigenvalue weighted by molar-refractivity contribution is 7.99. The number of thioether (sulfide) groups is 1. The fourth-order valence-electron chi connectivity index (χ4n) is 3.02. The summed E-state index contributed by atoms with van der Waals surface area (Å²) in [5, 5.41) is 12.3. The van der Waals surface area contributed by atoms with Crippen LogP contribution in [-0.4, -0.2) is 26.4 Å². The lowest BCUT2D eigenvalue weighted by Gasteiger charge is -2.15. The third kappa shape index (κ3) is 5.42. The molecule has 0 bridgehead atoms.